The third-order valence-electron chi connectivity index (χ3n) is 2.30. The second-order valence-corrected chi connectivity index (χ2v) is 4.35. The Bertz CT molecular complexity index is 494. The third kappa shape index (κ3) is 3.73. The maximum Gasteiger partial charge on any atom is 1.00 e. The molecule has 2 aromatic rings. The van der Waals surface area contributed by atoms with E-state index < -0.39 is 0 Å². The van der Waals surface area contributed by atoms with Crippen molar-refractivity contribution in [2.24, 2.45) is 0 Å². The van der Waals surface area contributed by atoms with Gasteiger partial charge in [-0.2, -0.15) is 0 Å². The van der Waals surface area contributed by atoms with E-state index >= 15 is 0 Å². The summed E-state index contributed by atoms with van der Waals surface area (Å²) in [5.41, 5.74) is 1.22. The molecule has 0 saturated heterocycles. The van der Waals surface area contributed by atoms with Crippen LogP contribution in [0, 0.1) is 0 Å². The summed E-state index contributed by atoms with van der Waals surface area (Å²) in [7, 11) is 0. The van der Waals surface area contributed by atoms with E-state index in [-0.39, 0.29) is 51.4 Å². The van der Waals surface area contributed by atoms with Crippen LogP contribution in [0.25, 0.3) is 10.8 Å². The monoisotopic (exact) mass is 271 g/mol. The van der Waals surface area contributed by atoms with Crippen molar-refractivity contribution in [1.82, 2.24) is 5.32 Å². The second-order valence-electron chi connectivity index (χ2n) is 3.28. The molecule has 0 unspecified atom stereocenters. The van der Waals surface area contributed by atoms with E-state index in [9.17, 15) is 0 Å². The van der Waals surface area contributed by atoms with Gasteiger partial charge in [-0.25, -0.2) is 0 Å². The molecule has 0 aliphatic rings. The Kier molecular flexibility index (Phi) is 6.35. The summed E-state index contributed by atoms with van der Waals surface area (Å²) in [4.78, 5) is 0. The van der Waals surface area contributed by atoms with Crippen LogP contribution in [0.3, 0.4) is 0 Å². The summed E-state index contributed by atoms with van der Waals surface area (Å²) in [6.45, 7) is 0.698. The van der Waals surface area contributed by atoms with Crippen molar-refractivity contribution in [3.8, 4) is 0 Å². The van der Waals surface area contributed by atoms with Gasteiger partial charge < -0.3 is 30.2 Å². The van der Waals surface area contributed by atoms with Gasteiger partial charge in [0.1, 0.15) is 0 Å². The Morgan fingerprint density at radius 2 is 1.81 bits per heavy atom. The van der Waals surface area contributed by atoms with Crippen molar-refractivity contribution in [3.63, 3.8) is 0 Å². The van der Waals surface area contributed by atoms with E-state index in [0.717, 1.165) is 0 Å². The summed E-state index contributed by atoms with van der Waals surface area (Å²) >= 11 is 9.64. The summed E-state index contributed by atoms with van der Waals surface area (Å²) in [6, 6.07) is 14.5. The molecule has 76 valence electrons. The molecule has 1 N–H and O–H groups in total. The van der Waals surface area contributed by atoms with Crippen molar-refractivity contribution >= 4 is 39.9 Å². The zero-order chi connectivity index (χ0) is 10.7. The van der Waals surface area contributed by atoms with Gasteiger partial charge in [-0.15, -0.1) is 0 Å². The van der Waals surface area contributed by atoms with Gasteiger partial charge in [-0.1, -0.05) is 46.8 Å². The first kappa shape index (κ1) is 14.5. The molecule has 2 rings (SSSR count). The molecule has 0 aliphatic heterocycles. The minimum atomic E-state index is 0. The van der Waals surface area contributed by atoms with Crippen LogP contribution in [0.2, 0.25) is 0 Å². The van der Waals surface area contributed by atoms with Crippen LogP contribution in [0.5, 0.6) is 0 Å². The Morgan fingerprint density at radius 1 is 1.12 bits per heavy atom. The first-order valence-electron chi connectivity index (χ1n) is 4.69. The van der Waals surface area contributed by atoms with Crippen molar-refractivity contribution in [2.75, 3.05) is 0 Å². The first-order chi connectivity index (χ1) is 7.27. The predicted octanol–water partition coefficient (Wildman–Crippen LogP) is -0.235. The average molecular weight is 271 g/mol. The van der Waals surface area contributed by atoms with Crippen molar-refractivity contribution in [2.45, 2.75) is 6.54 Å². The molecule has 0 heterocycles. The molecule has 0 aromatic heterocycles. The molecule has 0 bridgehead atoms. The van der Waals surface area contributed by atoms with Gasteiger partial charge in [0.15, 0.2) is 0 Å². The van der Waals surface area contributed by atoms with Crippen molar-refractivity contribution in [1.29, 1.82) is 0 Å². The predicted molar refractivity (Wildman–Crippen MR) is 70.8 cm³/mol. The maximum absolute atomic E-state index is 4.82. The Hall–Kier alpha value is 0.446. The fourth-order valence-corrected chi connectivity index (χ4v) is 1.76. The SMILES string of the molecule is S=C([S-])NCc1cccc2ccccc12.[K+]. The van der Waals surface area contributed by atoms with Crippen LogP contribution >= 0.6 is 12.2 Å². The van der Waals surface area contributed by atoms with Crippen LogP contribution in [0.4, 0.5) is 0 Å². The largest absolute Gasteiger partial charge is 1.00 e. The number of fused-ring (bicyclic) bond motifs is 1. The zero-order valence-electron chi connectivity index (χ0n) is 9.07. The molecule has 0 amide bonds. The summed E-state index contributed by atoms with van der Waals surface area (Å²) < 4.78 is 0.419. The molecule has 0 radical (unpaired) electrons. The van der Waals surface area contributed by atoms with Gasteiger partial charge in [0.25, 0.3) is 0 Å². The summed E-state index contributed by atoms with van der Waals surface area (Å²) in [5, 5.41) is 5.49. The van der Waals surface area contributed by atoms with Crippen molar-refractivity contribution < 1.29 is 51.4 Å². The standard InChI is InChI=1S/C12H11NS2.K/c14-12(15)13-8-10-6-3-5-9-4-1-2-7-11(9)10;/h1-7H,8H2,(H2,13,14,15);/q;+1/p-1. The third-order valence-corrected chi connectivity index (χ3v) is 2.59. The minimum Gasteiger partial charge on any atom is -0.412 e. The van der Waals surface area contributed by atoms with Crippen LogP contribution in [-0.4, -0.2) is 4.32 Å². The van der Waals surface area contributed by atoms with Gasteiger partial charge in [-0.05, 0) is 16.3 Å². The smallest absolute Gasteiger partial charge is 0.412 e. The number of hydrogen-bond donors (Lipinski definition) is 1. The van der Waals surface area contributed by atoms with Gasteiger partial charge in [0, 0.05) is 6.54 Å². The number of nitrogens with one attached hydrogen (secondary N) is 1. The van der Waals surface area contributed by atoms with E-state index in [0.29, 0.717) is 10.9 Å². The van der Waals surface area contributed by atoms with Crippen LogP contribution in [0.15, 0.2) is 42.5 Å². The molecule has 0 atom stereocenters. The van der Waals surface area contributed by atoms with Crippen molar-refractivity contribution in [3.05, 3.63) is 48.0 Å². The van der Waals surface area contributed by atoms with E-state index in [1.807, 2.05) is 18.2 Å². The second kappa shape index (κ2) is 7.01. The van der Waals surface area contributed by atoms with Gasteiger partial charge in [0.2, 0.25) is 0 Å². The maximum atomic E-state index is 4.82. The summed E-state index contributed by atoms with van der Waals surface area (Å²) in [6.07, 6.45) is 0. The average Bonchev–Trinajstić information content (AvgIpc) is 2.26. The fraction of sp³-hybridized carbons (Fsp3) is 0.0833. The minimum absolute atomic E-state index is 0. The normalized spacial score (nSPS) is 9.50. The molecule has 4 heteroatoms. The number of rotatable bonds is 2. The quantitative estimate of drug-likeness (QED) is 0.460. The van der Waals surface area contributed by atoms with E-state index in [4.69, 9.17) is 24.8 Å². The fourth-order valence-electron chi connectivity index (χ4n) is 1.61. The molecule has 0 spiro atoms. The molecule has 0 saturated carbocycles. The van der Waals surface area contributed by atoms with Gasteiger partial charge in [-0.3, -0.25) is 0 Å². The van der Waals surface area contributed by atoms with E-state index in [1.54, 1.807) is 0 Å². The number of benzene rings is 2. The zero-order valence-corrected chi connectivity index (χ0v) is 13.8. The molecule has 0 aliphatic carbocycles. The van der Waals surface area contributed by atoms with E-state index in [2.05, 4.69) is 29.6 Å². The molecular weight excluding hydrogens is 261 g/mol. The van der Waals surface area contributed by atoms with Gasteiger partial charge >= 0.3 is 51.4 Å². The van der Waals surface area contributed by atoms with E-state index in [1.165, 1.54) is 16.3 Å². The topological polar surface area (TPSA) is 12.0 Å². The Balaban J connectivity index is 0.00000128. The molecular formula is C12H10KNS2. The Labute approximate surface area is 149 Å². The van der Waals surface area contributed by atoms with Gasteiger partial charge in [0.05, 0.1) is 0 Å². The number of hydrogen-bond acceptors (Lipinski definition) is 2. The Morgan fingerprint density at radius 3 is 2.56 bits per heavy atom. The molecule has 1 nitrogen and oxygen atoms in total. The molecule has 0 fully saturated rings. The van der Waals surface area contributed by atoms with Crippen LogP contribution in [-0.2, 0) is 19.2 Å². The first-order valence-corrected chi connectivity index (χ1v) is 5.50. The van der Waals surface area contributed by atoms with Crippen LogP contribution < -0.4 is 56.7 Å². The molecule has 2 aromatic carbocycles. The molecule has 16 heavy (non-hydrogen) atoms. The van der Waals surface area contributed by atoms with Crippen LogP contribution in [0.1, 0.15) is 5.56 Å². The number of thiocarbonyl (C=S) groups is 1. The summed E-state index contributed by atoms with van der Waals surface area (Å²) in [5.74, 6) is 0.